The van der Waals surface area contributed by atoms with Crippen molar-refractivity contribution in [3.05, 3.63) is 64.1 Å². The van der Waals surface area contributed by atoms with Gasteiger partial charge in [-0.05, 0) is 35.9 Å². The summed E-state index contributed by atoms with van der Waals surface area (Å²) in [6.07, 6.45) is 1.46. The molecule has 2 rings (SSSR count). The van der Waals surface area contributed by atoms with Crippen molar-refractivity contribution in [1.82, 2.24) is 5.43 Å². The minimum Gasteiger partial charge on any atom is -0.484 e. The van der Waals surface area contributed by atoms with Gasteiger partial charge in [-0.15, -0.1) is 0 Å². The molecule has 6 heteroatoms. The number of amides is 1. The van der Waals surface area contributed by atoms with Gasteiger partial charge in [0, 0.05) is 10.0 Å². The van der Waals surface area contributed by atoms with Gasteiger partial charge in [0.05, 0.1) is 6.21 Å². The van der Waals surface area contributed by atoms with Crippen LogP contribution in [0.5, 0.6) is 5.75 Å². The molecule has 0 aliphatic heterocycles. The summed E-state index contributed by atoms with van der Waals surface area (Å²) in [4.78, 5) is 11.5. The number of rotatable bonds is 5. The second-order valence-corrected chi connectivity index (χ2v) is 4.97. The van der Waals surface area contributed by atoms with E-state index in [0.717, 1.165) is 0 Å². The Labute approximate surface area is 132 Å². The molecule has 1 N–H and O–H groups in total. The van der Waals surface area contributed by atoms with E-state index in [4.69, 9.17) is 27.9 Å². The number of ether oxygens (including phenoxy) is 1. The van der Waals surface area contributed by atoms with Crippen molar-refractivity contribution in [3.8, 4) is 5.75 Å². The first kappa shape index (κ1) is 15.4. The minimum atomic E-state index is -0.358. The van der Waals surface area contributed by atoms with E-state index in [2.05, 4.69) is 10.5 Å². The van der Waals surface area contributed by atoms with Gasteiger partial charge in [0.15, 0.2) is 6.61 Å². The predicted octanol–water partition coefficient (Wildman–Crippen LogP) is 3.52. The summed E-state index contributed by atoms with van der Waals surface area (Å²) in [6, 6.07) is 14.0. The lowest BCUT2D eigenvalue weighted by molar-refractivity contribution is -0.123. The highest BCUT2D eigenvalue weighted by molar-refractivity contribution is 6.35. The van der Waals surface area contributed by atoms with Crippen LogP contribution in [0.4, 0.5) is 0 Å². The monoisotopic (exact) mass is 322 g/mol. The molecule has 0 heterocycles. The lowest BCUT2D eigenvalue weighted by Crippen LogP contribution is -2.24. The summed E-state index contributed by atoms with van der Waals surface area (Å²) >= 11 is 11.7. The summed E-state index contributed by atoms with van der Waals surface area (Å²) in [5, 5.41) is 4.82. The summed E-state index contributed by atoms with van der Waals surface area (Å²) in [7, 11) is 0. The molecule has 0 unspecified atom stereocenters. The van der Waals surface area contributed by atoms with Crippen molar-refractivity contribution in [2.75, 3.05) is 6.61 Å². The van der Waals surface area contributed by atoms with E-state index in [0.29, 0.717) is 21.4 Å². The number of nitrogens with zero attached hydrogens (tertiary/aromatic N) is 1. The predicted molar refractivity (Wildman–Crippen MR) is 84.1 cm³/mol. The molecular weight excluding hydrogens is 311 g/mol. The van der Waals surface area contributed by atoms with Gasteiger partial charge in [0.2, 0.25) is 0 Å². The van der Waals surface area contributed by atoms with Gasteiger partial charge in [-0.1, -0.05) is 41.4 Å². The van der Waals surface area contributed by atoms with Crippen molar-refractivity contribution in [2.45, 2.75) is 0 Å². The van der Waals surface area contributed by atoms with Crippen molar-refractivity contribution in [3.63, 3.8) is 0 Å². The Morgan fingerprint density at radius 3 is 2.48 bits per heavy atom. The Balaban J connectivity index is 1.82. The third-order valence-electron chi connectivity index (χ3n) is 2.40. The maximum absolute atomic E-state index is 11.5. The lowest BCUT2D eigenvalue weighted by atomic mass is 10.2. The van der Waals surface area contributed by atoms with Crippen LogP contribution in [0.15, 0.2) is 53.6 Å². The fourth-order valence-corrected chi connectivity index (χ4v) is 2.07. The molecule has 0 saturated heterocycles. The second kappa shape index (κ2) is 7.67. The third kappa shape index (κ3) is 5.45. The minimum absolute atomic E-state index is 0.113. The Hall–Kier alpha value is -2.04. The van der Waals surface area contributed by atoms with Crippen LogP contribution in [0.2, 0.25) is 10.0 Å². The van der Waals surface area contributed by atoms with Gasteiger partial charge >= 0.3 is 0 Å². The molecule has 0 aliphatic carbocycles. The number of hydrogen-bond donors (Lipinski definition) is 1. The average molecular weight is 323 g/mol. The number of para-hydroxylation sites is 1. The van der Waals surface area contributed by atoms with Gasteiger partial charge in [-0.2, -0.15) is 5.10 Å². The molecule has 0 fully saturated rings. The molecule has 2 aromatic carbocycles. The van der Waals surface area contributed by atoms with E-state index < -0.39 is 0 Å². The Morgan fingerprint density at radius 2 is 1.81 bits per heavy atom. The first-order valence-corrected chi connectivity index (χ1v) is 6.85. The smallest absolute Gasteiger partial charge is 0.277 e. The van der Waals surface area contributed by atoms with Crippen molar-refractivity contribution >= 4 is 35.3 Å². The summed E-state index contributed by atoms with van der Waals surface area (Å²) in [6.45, 7) is -0.113. The Morgan fingerprint density at radius 1 is 1.14 bits per heavy atom. The van der Waals surface area contributed by atoms with Crippen LogP contribution in [0.25, 0.3) is 0 Å². The highest BCUT2D eigenvalue weighted by Gasteiger charge is 2.01. The normalized spacial score (nSPS) is 10.6. The van der Waals surface area contributed by atoms with Crippen LogP contribution in [-0.4, -0.2) is 18.7 Å². The van der Waals surface area contributed by atoms with E-state index in [1.807, 2.05) is 18.2 Å². The summed E-state index contributed by atoms with van der Waals surface area (Å²) in [5.41, 5.74) is 3.05. The van der Waals surface area contributed by atoms with Crippen LogP contribution in [0.3, 0.4) is 0 Å². The van der Waals surface area contributed by atoms with E-state index in [-0.39, 0.29) is 12.5 Å². The maximum Gasteiger partial charge on any atom is 0.277 e. The molecule has 0 bridgehead atoms. The molecular formula is C15H12Cl2N2O2. The van der Waals surface area contributed by atoms with Crippen molar-refractivity contribution in [2.24, 2.45) is 5.10 Å². The molecule has 0 spiro atoms. The van der Waals surface area contributed by atoms with Gasteiger partial charge < -0.3 is 4.74 Å². The molecule has 0 saturated carbocycles. The highest BCUT2D eigenvalue weighted by Crippen LogP contribution is 2.17. The van der Waals surface area contributed by atoms with Crippen molar-refractivity contribution in [1.29, 1.82) is 0 Å². The quantitative estimate of drug-likeness (QED) is 0.676. The highest BCUT2D eigenvalue weighted by atomic mass is 35.5. The molecule has 2 aromatic rings. The van der Waals surface area contributed by atoms with E-state index in [1.54, 1.807) is 30.3 Å². The molecule has 21 heavy (non-hydrogen) atoms. The third-order valence-corrected chi connectivity index (χ3v) is 2.84. The molecule has 0 radical (unpaired) electrons. The fraction of sp³-hybridized carbons (Fsp3) is 0.0667. The standard InChI is InChI=1S/C15H12Cl2N2O2/c16-12-6-11(7-13(17)8-12)9-18-19-15(20)10-21-14-4-2-1-3-5-14/h1-9H,10H2,(H,19,20)/b18-9+. The van der Waals surface area contributed by atoms with Crippen LogP contribution in [0.1, 0.15) is 5.56 Å². The molecule has 108 valence electrons. The average Bonchev–Trinajstić information content (AvgIpc) is 2.45. The summed E-state index contributed by atoms with van der Waals surface area (Å²) < 4.78 is 5.28. The van der Waals surface area contributed by atoms with Crippen LogP contribution in [-0.2, 0) is 4.79 Å². The van der Waals surface area contributed by atoms with Gasteiger partial charge in [0.1, 0.15) is 5.75 Å². The number of nitrogens with one attached hydrogen (secondary N) is 1. The zero-order valence-corrected chi connectivity index (χ0v) is 12.4. The van der Waals surface area contributed by atoms with E-state index >= 15 is 0 Å². The largest absolute Gasteiger partial charge is 0.484 e. The zero-order valence-electron chi connectivity index (χ0n) is 10.9. The Bertz CT molecular complexity index is 625. The van der Waals surface area contributed by atoms with Gasteiger partial charge in [0.25, 0.3) is 5.91 Å². The number of benzene rings is 2. The Kier molecular flexibility index (Phi) is 5.60. The first-order valence-electron chi connectivity index (χ1n) is 6.09. The first-order chi connectivity index (χ1) is 10.1. The molecule has 4 nitrogen and oxygen atoms in total. The van der Waals surface area contributed by atoms with Crippen LogP contribution >= 0.6 is 23.2 Å². The van der Waals surface area contributed by atoms with Crippen molar-refractivity contribution < 1.29 is 9.53 Å². The number of halogens is 2. The topological polar surface area (TPSA) is 50.7 Å². The fourth-order valence-electron chi connectivity index (χ4n) is 1.53. The van der Waals surface area contributed by atoms with Crippen LogP contribution < -0.4 is 10.2 Å². The molecule has 1 amide bonds. The SMILES string of the molecule is O=C(COc1ccccc1)N/N=C/c1cc(Cl)cc(Cl)c1. The number of carbonyl (C=O) groups excluding carboxylic acids is 1. The number of carbonyl (C=O) groups is 1. The molecule has 0 aliphatic rings. The maximum atomic E-state index is 11.5. The van der Waals surface area contributed by atoms with Crippen LogP contribution in [0, 0.1) is 0 Å². The van der Waals surface area contributed by atoms with Gasteiger partial charge in [-0.3, -0.25) is 4.79 Å². The van der Waals surface area contributed by atoms with E-state index in [9.17, 15) is 4.79 Å². The molecule has 0 aromatic heterocycles. The van der Waals surface area contributed by atoms with E-state index in [1.165, 1.54) is 6.21 Å². The second-order valence-electron chi connectivity index (χ2n) is 4.10. The summed E-state index contributed by atoms with van der Waals surface area (Å²) in [5.74, 6) is 0.265. The van der Waals surface area contributed by atoms with Gasteiger partial charge in [-0.25, -0.2) is 5.43 Å². The molecule has 0 atom stereocenters. The number of hydrazone groups is 1. The zero-order chi connectivity index (χ0) is 15.1. The number of hydrogen-bond acceptors (Lipinski definition) is 3. The lowest BCUT2D eigenvalue weighted by Gasteiger charge is -2.04.